The molecular weight excluding hydrogens is 310 g/mol. The fraction of sp³-hybridized carbons (Fsp3) is 0.438. The molecule has 1 aliphatic carbocycles. The fourth-order valence-electron chi connectivity index (χ4n) is 2.76. The maximum atomic E-state index is 12.0. The van der Waals surface area contributed by atoms with Crippen LogP contribution < -0.4 is 15.6 Å². The fourth-order valence-corrected chi connectivity index (χ4v) is 2.76. The van der Waals surface area contributed by atoms with E-state index in [4.69, 9.17) is 4.74 Å². The zero-order chi connectivity index (χ0) is 16.8. The van der Waals surface area contributed by atoms with E-state index in [-0.39, 0.29) is 30.2 Å². The molecule has 126 valence electrons. The van der Waals surface area contributed by atoms with E-state index in [0.29, 0.717) is 5.88 Å². The first-order valence-electron chi connectivity index (χ1n) is 7.95. The van der Waals surface area contributed by atoms with E-state index in [0.717, 1.165) is 30.4 Å². The summed E-state index contributed by atoms with van der Waals surface area (Å²) in [6.07, 6.45) is 9.71. The van der Waals surface area contributed by atoms with Gasteiger partial charge in [0.05, 0.1) is 6.20 Å². The Hall–Kier alpha value is -2.77. The third kappa shape index (κ3) is 4.37. The molecule has 1 aliphatic rings. The number of carbonyl (C=O) groups is 1. The SMILES string of the molecule is O=C(Cn1ncccc1=O)NC1CCC(Oc2cnccn2)CC1. The van der Waals surface area contributed by atoms with E-state index >= 15 is 0 Å². The van der Waals surface area contributed by atoms with Crippen molar-refractivity contribution >= 4 is 5.91 Å². The lowest BCUT2D eigenvalue weighted by Gasteiger charge is -2.29. The molecule has 8 nitrogen and oxygen atoms in total. The quantitative estimate of drug-likeness (QED) is 0.859. The number of rotatable bonds is 5. The summed E-state index contributed by atoms with van der Waals surface area (Å²) >= 11 is 0. The first-order valence-corrected chi connectivity index (χ1v) is 7.95. The van der Waals surface area contributed by atoms with Crippen molar-refractivity contribution in [2.24, 2.45) is 0 Å². The second kappa shape index (κ2) is 7.67. The summed E-state index contributed by atoms with van der Waals surface area (Å²) < 4.78 is 6.93. The highest BCUT2D eigenvalue weighted by atomic mass is 16.5. The third-order valence-electron chi connectivity index (χ3n) is 3.94. The number of carbonyl (C=O) groups excluding carboxylic acids is 1. The second-order valence-corrected chi connectivity index (χ2v) is 5.72. The molecule has 0 atom stereocenters. The summed E-state index contributed by atoms with van der Waals surface area (Å²) in [5, 5.41) is 6.84. The predicted molar refractivity (Wildman–Crippen MR) is 85.3 cm³/mol. The van der Waals surface area contributed by atoms with E-state index in [1.165, 1.54) is 12.3 Å². The number of aromatic nitrogens is 4. The summed E-state index contributed by atoms with van der Waals surface area (Å²) in [7, 11) is 0. The maximum Gasteiger partial charge on any atom is 0.267 e. The lowest BCUT2D eigenvalue weighted by atomic mass is 9.93. The molecule has 0 bridgehead atoms. The number of nitrogens with zero attached hydrogens (tertiary/aromatic N) is 4. The van der Waals surface area contributed by atoms with Gasteiger partial charge in [-0.05, 0) is 31.7 Å². The van der Waals surface area contributed by atoms with Gasteiger partial charge in [0.15, 0.2) is 0 Å². The number of amides is 1. The number of nitrogens with one attached hydrogen (secondary N) is 1. The van der Waals surface area contributed by atoms with Crippen molar-refractivity contribution in [1.82, 2.24) is 25.1 Å². The first kappa shape index (κ1) is 16.1. The van der Waals surface area contributed by atoms with Gasteiger partial charge in [0.1, 0.15) is 12.6 Å². The molecule has 1 amide bonds. The Kier molecular flexibility index (Phi) is 5.15. The number of hydrogen-bond acceptors (Lipinski definition) is 6. The minimum Gasteiger partial charge on any atom is -0.473 e. The predicted octanol–water partition coefficient (Wildman–Crippen LogP) is 0.540. The average molecular weight is 329 g/mol. The van der Waals surface area contributed by atoms with Crippen molar-refractivity contribution in [3.8, 4) is 5.88 Å². The molecular formula is C16H19N5O3. The summed E-state index contributed by atoms with van der Waals surface area (Å²) in [5.74, 6) is 0.327. The molecule has 1 saturated carbocycles. The van der Waals surface area contributed by atoms with Crippen molar-refractivity contribution in [2.45, 2.75) is 44.4 Å². The Morgan fingerprint density at radius 3 is 2.79 bits per heavy atom. The Balaban J connectivity index is 1.44. The normalized spacial score (nSPS) is 20.3. The van der Waals surface area contributed by atoms with Crippen LogP contribution in [0.5, 0.6) is 5.88 Å². The summed E-state index contributed by atoms with van der Waals surface area (Å²) in [4.78, 5) is 31.7. The highest BCUT2D eigenvalue weighted by molar-refractivity contribution is 5.75. The molecule has 0 aromatic carbocycles. The van der Waals surface area contributed by atoms with E-state index < -0.39 is 0 Å². The van der Waals surface area contributed by atoms with Crippen LogP contribution in [0.4, 0.5) is 0 Å². The minimum atomic E-state index is -0.284. The number of ether oxygens (including phenoxy) is 1. The van der Waals surface area contributed by atoms with Crippen LogP contribution >= 0.6 is 0 Å². The van der Waals surface area contributed by atoms with Crippen LogP contribution in [0.3, 0.4) is 0 Å². The van der Waals surface area contributed by atoms with Gasteiger partial charge in [0, 0.05) is 30.7 Å². The van der Waals surface area contributed by atoms with Gasteiger partial charge in [-0.1, -0.05) is 0 Å². The lowest BCUT2D eigenvalue weighted by molar-refractivity contribution is -0.123. The molecule has 1 N–H and O–H groups in total. The molecule has 2 heterocycles. The summed E-state index contributed by atoms with van der Waals surface area (Å²) in [6.45, 7) is -0.0598. The molecule has 0 saturated heterocycles. The molecule has 1 fully saturated rings. The van der Waals surface area contributed by atoms with Gasteiger partial charge in [-0.2, -0.15) is 5.10 Å². The maximum absolute atomic E-state index is 12.0. The van der Waals surface area contributed by atoms with E-state index in [2.05, 4.69) is 20.4 Å². The molecule has 0 unspecified atom stereocenters. The van der Waals surface area contributed by atoms with Crippen molar-refractivity contribution in [2.75, 3.05) is 0 Å². The van der Waals surface area contributed by atoms with Crippen LogP contribution in [0, 0.1) is 0 Å². The van der Waals surface area contributed by atoms with Crippen LogP contribution in [0.1, 0.15) is 25.7 Å². The van der Waals surface area contributed by atoms with Gasteiger partial charge in [-0.15, -0.1) is 0 Å². The van der Waals surface area contributed by atoms with Crippen LogP contribution in [0.2, 0.25) is 0 Å². The molecule has 3 rings (SSSR count). The highest BCUT2D eigenvalue weighted by Gasteiger charge is 2.24. The molecule has 2 aromatic rings. The zero-order valence-corrected chi connectivity index (χ0v) is 13.2. The largest absolute Gasteiger partial charge is 0.473 e. The minimum absolute atomic E-state index is 0.0598. The Morgan fingerprint density at radius 2 is 2.08 bits per heavy atom. The average Bonchev–Trinajstić information content (AvgIpc) is 2.60. The van der Waals surface area contributed by atoms with E-state index in [1.54, 1.807) is 24.7 Å². The Labute approximate surface area is 138 Å². The molecule has 0 radical (unpaired) electrons. The van der Waals surface area contributed by atoms with Gasteiger partial charge in [0.25, 0.3) is 5.56 Å². The topological polar surface area (TPSA) is 99.0 Å². The van der Waals surface area contributed by atoms with E-state index in [9.17, 15) is 9.59 Å². The second-order valence-electron chi connectivity index (χ2n) is 5.72. The zero-order valence-electron chi connectivity index (χ0n) is 13.2. The van der Waals surface area contributed by atoms with Crippen LogP contribution in [-0.2, 0) is 11.3 Å². The van der Waals surface area contributed by atoms with Crippen molar-refractivity contribution in [1.29, 1.82) is 0 Å². The smallest absolute Gasteiger partial charge is 0.267 e. The summed E-state index contributed by atoms with van der Waals surface area (Å²) in [5.41, 5.74) is -0.284. The van der Waals surface area contributed by atoms with Crippen LogP contribution in [-0.4, -0.2) is 37.8 Å². The molecule has 24 heavy (non-hydrogen) atoms. The van der Waals surface area contributed by atoms with Crippen LogP contribution in [0.25, 0.3) is 0 Å². The van der Waals surface area contributed by atoms with Crippen molar-refractivity contribution < 1.29 is 9.53 Å². The molecule has 8 heteroatoms. The van der Waals surface area contributed by atoms with Gasteiger partial charge < -0.3 is 10.1 Å². The van der Waals surface area contributed by atoms with Gasteiger partial charge >= 0.3 is 0 Å². The summed E-state index contributed by atoms with van der Waals surface area (Å²) in [6, 6.07) is 3.03. The first-order chi connectivity index (χ1) is 11.7. The van der Waals surface area contributed by atoms with Crippen molar-refractivity contribution in [3.63, 3.8) is 0 Å². The number of hydrogen-bond donors (Lipinski definition) is 1. The molecule has 0 aliphatic heterocycles. The van der Waals surface area contributed by atoms with Crippen molar-refractivity contribution in [3.05, 3.63) is 47.3 Å². The van der Waals surface area contributed by atoms with Gasteiger partial charge in [-0.3, -0.25) is 14.6 Å². The van der Waals surface area contributed by atoms with Gasteiger partial charge in [-0.25, -0.2) is 9.67 Å². The third-order valence-corrected chi connectivity index (χ3v) is 3.94. The van der Waals surface area contributed by atoms with Gasteiger partial charge in [0.2, 0.25) is 11.8 Å². The Bertz CT molecular complexity index is 726. The van der Waals surface area contributed by atoms with E-state index in [1.807, 2.05) is 0 Å². The molecule has 2 aromatic heterocycles. The monoisotopic (exact) mass is 329 g/mol. The molecule has 0 spiro atoms. The van der Waals surface area contributed by atoms with Crippen LogP contribution in [0.15, 0.2) is 41.7 Å². The highest BCUT2D eigenvalue weighted by Crippen LogP contribution is 2.22. The standard InChI is InChI=1S/C16H19N5O3/c22-14(11-21-16(23)2-1-7-19-21)20-12-3-5-13(6-4-12)24-15-10-17-8-9-18-15/h1-2,7-10,12-13H,3-6,11H2,(H,20,22). The Morgan fingerprint density at radius 1 is 1.25 bits per heavy atom. The lowest BCUT2D eigenvalue weighted by Crippen LogP contribution is -2.42.